The zero-order valence-corrected chi connectivity index (χ0v) is 13.0. The third kappa shape index (κ3) is 1.74. The Balaban J connectivity index is 2.12. The lowest BCUT2D eigenvalue weighted by atomic mass is 9.80. The lowest BCUT2D eigenvalue weighted by molar-refractivity contribution is 0.0974. The standard InChI is InChI=1S/C20H14O4/c1-2-10-7-8-13-14(9-10)20(24)16-15(19(13)23)17(21)11-5-3-4-6-12(11)18(16)22/h3-9,21-22H,2H2,1H3. The summed E-state index contributed by atoms with van der Waals surface area (Å²) in [4.78, 5) is 25.8. The van der Waals surface area contributed by atoms with Crippen LogP contribution in [-0.2, 0) is 6.42 Å². The first-order valence-electron chi connectivity index (χ1n) is 7.73. The summed E-state index contributed by atoms with van der Waals surface area (Å²) in [5.41, 5.74) is 1.24. The molecule has 3 aromatic rings. The molecule has 0 aliphatic heterocycles. The van der Waals surface area contributed by atoms with Gasteiger partial charge in [-0.25, -0.2) is 0 Å². The zero-order chi connectivity index (χ0) is 17.0. The fourth-order valence-corrected chi connectivity index (χ4v) is 3.31. The van der Waals surface area contributed by atoms with Crippen molar-refractivity contribution >= 4 is 22.3 Å². The van der Waals surface area contributed by atoms with E-state index in [1.807, 2.05) is 6.92 Å². The Morgan fingerprint density at radius 2 is 1.33 bits per heavy atom. The quantitative estimate of drug-likeness (QED) is 0.526. The number of hydrogen-bond donors (Lipinski definition) is 2. The van der Waals surface area contributed by atoms with Crippen molar-refractivity contribution in [1.29, 1.82) is 0 Å². The van der Waals surface area contributed by atoms with Gasteiger partial charge in [-0.3, -0.25) is 9.59 Å². The molecule has 0 atom stereocenters. The fourth-order valence-electron chi connectivity index (χ4n) is 3.31. The van der Waals surface area contributed by atoms with E-state index in [1.165, 1.54) is 0 Å². The van der Waals surface area contributed by atoms with Crippen molar-refractivity contribution in [2.45, 2.75) is 13.3 Å². The molecule has 4 rings (SSSR count). The molecule has 4 nitrogen and oxygen atoms in total. The van der Waals surface area contributed by atoms with Gasteiger partial charge in [0, 0.05) is 21.9 Å². The zero-order valence-electron chi connectivity index (χ0n) is 13.0. The number of carbonyl (C=O) groups is 2. The number of fused-ring (bicyclic) bond motifs is 3. The molecule has 0 amide bonds. The van der Waals surface area contributed by atoms with E-state index < -0.39 is 11.6 Å². The average molecular weight is 318 g/mol. The van der Waals surface area contributed by atoms with Gasteiger partial charge in [0.1, 0.15) is 11.5 Å². The highest BCUT2D eigenvalue weighted by molar-refractivity contribution is 6.32. The highest BCUT2D eigenvalue weighted by Gasteiger charge is 2.36. The van der Waals surface area contributed by atoms with Crippen LogP contribution in [0.3, 0.4) is 0 Å². The van der Waals surface area contributed by atoms with Crippen molar-refractivity contribution in [3.8, 4) is 11.5 Å². The summed E-state index contributed by atoms with van der Waals surface area (Å²) in [6.45, 7) is 1.96. The normalized spacial score (nSPS) is 13.0. The van der Waals surface area contributed by atoms with Crippen LogP contribution in [0.1, 0.15) is 44.3 Å². The molecule has 0 saturated heterocycles. The number of hydrogen-bond acceptors (Lipinski definition) is 4. The largest absolute Gasteiger partial charge is 0.506 e. The number of carbonyl (C=O) groups excluding carboxylic acids is 2. The van der Waals surface area contributed by atoms with Crippen LogP contribution in [0.25, 0.3) is 10.8 Å². The van der Waals surface area contributed by atoms with Gasteiger partial charge in [0.25, 0.3) is 0 Å². The molecule has 118 valence electrons. The second-order valence-corrected chi connectivity index (χ2v) is 5.88. The minimum absolute atomic E-state index is 0.114. The smallest absolute Gasteiger partial charge is 0.198 e. The van der Waals surface area contributed by atoms with E-state index in [9.17, 15) is 19.8 Å². The maximum atomic E-state index is 12.9. The van der Waals surface area contributed by atoms with Gasteiger partial charge in [0.15, 0.2) is 11.6 Å². The van der Waals surface area contributed by atoms with Crippen LogP contribution in [0.5, 0.6) is 11.5 Å². The van der Waals surface area contributed by atoms with Gasteiger partial charge in [-0.15, -0.1) is 0 Å². The molecule has 4 heteroatoms. The van der Waals surface area contributed by atoms with Crippen LogP contribution >= 0.6 is 0 Å². The molecule has 2 N–H and O–H groups in total. The summed E-state index contributed by atoms with van der Waals surface area (Å²) < 4.78 is 0. The molecule has 0 heterocycles. The van der Waals surface area contributed by atoms with Gasteiger partial charge in [0.05, 0.1) is 11.1 Å². The van der Waals surface area contributed by atoms with E-state index in [0.29, 0.717) is 10.8 Å². The van der Waals surface area contributed by atoms with Gasteiger partial charge < -0.3 is 10.2 Å². The summed E-state index contributed by atoms with van der Waals surface area (Å²) in [5, 5.41) is 21.8. The summed E-state index contributed by atoms with van der Waals surface area (Å²) in [7, 11) is 0. The number of phenols is 2. The number of aryl methyl sites for hydroxylation is 1. The Morgan fingerprint density at radius 1 is 0.792 bits per heavy atom. The molecule has 24 heavy (non-hydrogen) atoms. The fraction of sp³-hybridized carbons (Fsp3) is 0.100. The second kappa shape index (κ2) is 4.93. The minimum Gasteiger partial charge on any atom is -0.506 e. The number of ketones is 2. The summed E-state index contributed by atoms with van der Waals surface area (Å²) in [6, 6.07) is 11.7. The van der Waals surface area contributed by atoms with E-state index in [-0.39, 0.29) is 33.8 Å². The van der Waals surface area contributed by atoms with Crippen LogP contribution in [0, 0.1) is 0 Å². The Kier molecular flexibility index (Phi) is 2.97. The molecule has 1 aliphatic rings. The molecule has 3 aromatic carbocycles. The summed E-state index contributed by atoms with van der Waals surface area (Å²) in [6.07, 6.45) is 0.733. The van der Waals surface area contributed by atoms with Crippen LogP contribution in [-0.4, -0.2) is 21.8 Å². The number of benzene rings is 3. The number of phenolic OH excluding ortho intramolecular Hbond substituents is 2. The van der Waals surface area contributed by atoms with E-state index in [2.05, 4.69) is 0 Å². The molecule has 1 aliphatic carbocycles. The monoisotopic (exact) mass is 318 g/mol. The first kappa shape index (κ1) is 14.5. The predicted molar refractivity (Wildman–Crippen MR) is 90.0 cm³/mol. The topological polar surface area (TPSA) is 74.6 Å². The van der Waals surface area contributed by atoms with Crippen LogP contribution < -0.4 is 0 Å². The number of rotatable bonds is 1. The molecule has 0 aromatic heterocycles. The molecular formula is C20H14O4. The third-order valence-electron chi connectivity index (χ3n) is 4.60. The average Bonchev–Trinajstić information content (AvgIpc) is 2.62. The van der Waals surface area contributed by atoms with Crippen molar-refractivity contribution in [2.75, 3.05) is 0 Å². The van der Waals surface area contributed by atoms with Gasteiger partial charge in [-0.05, 0) is 18.1 Å². The first-order valence-corrected chi connectivity index (χ1v) is 7.73. The lowest BCUT2D eigenvalue weighted by Gasteiger charge is -2.21. The highest BCUT2D eigenvalue weighted by atomic mass is 16.3. The van der Waals surface area contributed by atoms with Gasteiger partial charge in [-0.1, -0.05) is 43.3 Å². The van der Waals surface area contributed by atoms with Crippen molar-refractivity contribution in [3.05, 3.63) is 70.3 Å². The van der Waals surface area contributed by atoms with Gasteiger partial charge in [0.2, 0.25) is 0 Å². The van der Waals surface area contributed by atoms with Crippen LogP contribution in [0.15, 0.2) is 42.5 Å². The van der Waals surface area contributed by atoms with Gasteiger partial charge >= 0.3 is 0 Å². The second-order valence-electron chi connectivity index (χ2n) is 5.88. The third-order valence-corrected chi connectivity index (χ3v) is 4.60. The van der Waals surface area contributed by atoms with Crippen molar-refractivity contribution in [3.63, 3.8) is 0 Å². The van der Waals surface area contributed by atoms with Crippen LogP contribution in [0.2, 0.25) is 0 Å². The van der Waals surface area contributed by atoms with Gasteiger partial charge in [-0.2, -0.15) is 0 Å². The lowest BCUT2D eigenvalue weighted by Crippen LogP contribution is -2.21. The Labute approximate surface area is 138 Å². The van der Waals surface area contributed by atoms with E-state index >= 15 is 0 Å². The molecule has 0 bridgehead atoms. The van der Waals surface area contributed by atoms with Crippen molar-refractivity contribution in [1.82, 2.24) is 0 Å². The molecule has 0 unspecified atom stereocenters. The molecule has 0 saturated carbocycles. The molecule has 0 spiro atoms. The van der Waals surface area contributed by atoms with Crippen molar-refractivity contribution < 1.29 is 19.8 Å². The minimum atomic E-state index is -0.444. The predicted octanol–water partition coefficient (Wildman–Crippen LogP) is 3.59. The van der Waals surface area contributed by atoms with E-state index in [0.717, 1.165) is 12.0 Å². The number of aromatic hydroxyl groups is 2. The maximum Gasteiger partial charge on any atom is 0.198 e. The highest BCUT2D eigenvalue weighted by Crippen LogP contribution is 2.44. The van der Waals surface area contributed by atoms with E-state index in [1.54, 1.807) is 42.5 Å². The maximum absolute atomic E-state index is 12.9. The Morgan fingerprint density at radius 3 is 1.88 bits per heavy atom. The summed E-state index contributed by atoms with van der Waals surface area (Å²) >= 11 is 0. The Bertz CT molecular complexity index is 1050. The van der Waals surface area contributed by atoms with Crippen LogP contribution in [0.4, 0.5) is 0 Å². The Hall–Kier alpha value is -3.14. The SMILES string of the molecule is CCc1ccc2c(c1)C(=O)c1c(c(O)c3ccccc3c1O)C2=O. The molecule has 0 radical (unpaired) electrons. The molecule has 0 fully saturated rings. The van der Waals surface area contributed by atoms with Crippen molar-refractivity contribution in [2.24, 2.45) is 0 Å². The molecular weight excluding hydrogens is 304 g/mol. The summed E-state index contributed by atoms with van der Waals surface area (Å²) in [5.74, 6) is -1.40. The first-order chi connectivity index (χ1) is 11.5. The van der Waals surface area contributed by atoms with E-state index in [4.69, 9.17) is 0 Å².